The molecule has 2 aromatic rings. The van der Waals surface area contributed by atoms with Crippen LogP contribution in [-0.4, -0.2) is 28.4 Å². The molecule has 0 spiro atoms. The van der Waals surface area contributed by atoms with E-state index in [2.05, 4.69) is 34.3 Å². The van der Waals surface area contributed by atoms with Crippen molar-refractivity contribution in [3.05, 3.63) is 40.5 Å². The average molecular weight is 302 g/mol. The van der Waals surface area contributed by atoms with Crippen LogP contribution < -0.4 is 5.32 Å². The summed E-state index contributed by atoms with van der Waals surface area (Å²) in [6, 6.07) is 8.16. The van der Waals surface area contributed by atoms with Crippen molar-refractivity contribution in [1.29, 1.82) is 0 Å². The van der Waals surface area contributed by atoms with Gasteiger partial charge in [0.2, 0.25) is 5.91 Å². The summed E-state index contributed by atoms with van der Waals surface area (Å²) in [5.41, 5.74) is 2.97. The molecule has 0 unspecified atom stereocenters. The Morgan fingerprint density at radius 2 is 2.24 bits per heavy atom. The summed E-state index contributed by atoms with van der Waals surface area (Å²) in [6.45, 7) is 2.98. The van der Waals surface area contributed by atoms with Gasteiger partial charge in [-0.25, -0.2) is 4.98 Å². The molecule has 0 bridgehead atoms. The van der Waals surface area contributed by atoms with Crippen LogP contribution in [0.1, 0.15) is 30.1 Å². The second kappa shape index (κ2) is 4.68. The zero-order valence-electron chi connectivity index (χ0n) is 11.8. The van der Waals surface area contributed by atoms with E-state index >= 15 is 0 Å². The van der Waals surface area contributed by atoms with Crippen LogP contribution in [0.15, 0.2) is 24.3 Å². The molecule has 0 saturated carbocycles. The van der Waals surface area contributed by atoms with Crippen LogP contribution >= 0.6 is 11.6 Å². The van der Waals surface area contributed by atoms with E-state index in [4.69, 9.17) is 11.6 Å². The van der Waals surface area contributed by atoms with E-state index in [0.29, 0.717) is 5.15 Å². The molecule has 0 aliphatic carbocycles. The highest BCUT2D eigenvalue weighted by Gasteiger charge is 2.43. The smallest absolute Gasteiger partial charge is 0.238 e. The molecule has 1 amide bonds. The van der Waals surface area contributed by atoms with Gasteiger partial charge in [0.1, 0.15) is 11.3 Å². The Morgan fingerprint density at radius 3 is 3.10 bits per heavy atom. The summed E-state index contributed by atoms with van der Waals surface area (Å²) >= 11 is 6.37. The second-order valence-electron chi connectivity index (χ2n) is 5.87. The van der Waals surface area contributed by atoms with Crippen LogP contribution in [0.3, 0.4) is 0 Å². The molecule has 1 N–H and O–H groups in total. The molecule has 2 aliphatic heterocycles. The summed E-state index contributed by atoms with van der Waals surface area (Å²) in [7, 11) is 0. The number of fused-ring (bicyclic) bond motifs is 2. The zero-order chi connectivity index (χ0) is 14.6. The van der Waals surface area contributed by atoms with Gasteiger partial charge in [-0.05, 0) is 38.0 Å². The lowest BCUT2D eigenvalue weighted by Gasteiger charge is -2.23. The summed E-state index contributed by atoms with van der Waals surface area (Å²) in [5, 5.41) is 4.59. The van der Waals surface area contributed by atoms with Gasteiger partial charge >= 0.3 is 0 Å². The van der Waals surface area contributed by atoms with Gasteiger partial charge in [0, 0.05) is 17.5 Å². The number of nitrogens with one attached hydrogen (secondary N) is 1. The molecule has 3 heterocycles. The van der Waals surface area contributed by atoms with Crippen LogP contribution in [0, 0.1) is 6.92 Å². The number of carbonyl (C=O) groups excluding carboxylic acids is 1. The fourth-order valence-corrected chi connectivity index (χ4v) is 3.68. The van der Waals surface area contributed by atoms with Crippen LogP contribution in [0.5, 0.6) is 0 Å². The predicted octanol–water partition coefficient (Wildman–Crippen LogP) is 2.79. The third-order valence-corrected chi connectivity index (χ3v) is 4.76. The molecule has 2 fully saturated rings. The van der Waals surface area contributed by atoms with Crippen LogP contribution in [-0.2, 0) is 4.79 Å². The molecule has 1 aromatic heterocycles. The Hall–Kier alpha value is -1.65. The minimum atomic E-state index is -0.144. The molecule has 2 saturated heterocycles. The third kappa shape index (κ3) is 2.01. The summed E-state index contributed by atoms with van der Waals surface area (Å²) < 4.78 is 0. The van der Waals surface area contributed by atoms with Gasteiger partial charge in [-0.2, -0.15) is 0 Å². The Kier molecular flexibility index (Phi) is 2.91. The lowest BCUT2D eigenvalue weighted by molar-refractivity contribution is -0.121. The van der Waals surface area contributed by atoms with Crippen molar-refractivity contribution in [2.45, 2.75) is 32.0 Å². The minimum Gasteiger partial charge on any atom is -0.335 e. The van der Waals surface area contributed by atoms with Crippen molar-refractivity contribution < 1.29 is 4.79 Å². The number of pyridine rings is 1. The quantitative estimate of drug-likeness (QED) is 0.824. The van der Waals surface area contributed by atoms with E-state index in [9.17, 15) is 4.79 Å². The number of hydrogen-bond acceptors (Lipinski definition) is 3. The van der Waals surface area contributed by atoms with Crippen LogP contribution in [0.25, 0.3) is 10.9 Å². The van der Waals surface area contributed by atoms with E-state index in [0.717, 1.165) is 35.9 Å². The number of aryl methyl sites for hydroxylation is 1. The number of amides is 1. The van der Waals surface area contributed by atoms with Crippen LogP contribution in [0.4, 0.5) is 0 Å². The highest BCUT2D eigenvalue weighted by molar-refractivity contribution is 6.30. The van der Waals surface area contributed by atoms with Gasteiger partial charge < -0.3 is 5.32 Å². The number of benzene rings is 1. The predicted molar refractivity (Wildman–Crippen MR) is 82.1 cm³/mol. The molecule has 4 nitrogen and oxygen atoms in total. The maximum Gasteiger partial charge on any atom is 0.238 e. The molecular weight excluding hydrogens is 286 g/mol. The van der Waals surface area contributed by atoms with Crippen molar-refractivity contribution >= 4 is 28.4 Å². The molecule has 108 valence electrons. The Balaban J connectivity index is 1.82. The maximum atomic E-state index is 12.1. The first kappa shape index (κ1) is 13.0. The van der Waals surface area contributed by atoms with Crippen molar-refractivity contribution in [2.75, 3.05) is 6.54 Å². The largest absolute Gasteiger partial charge is 0.335 e. The average Bonchev–Trinajstić information content (AvgIpc) is 3.03. The molecule has 1 aromatic carbocycles. The zero-order valence-corrected chi connectivity index (χ0v) is 12.5. The number of aromatic nitrogens is 1. The SMILES string of the molecule is Cc1ccc2nc(Cl)c([C@H]3NC(=O)[C@H]4CCCN43)cc2c1. The van der Waals surface area contributed by atoms with E-state index in [1.807, 2.05) is 12.1 Å². The molecule has 2 atom stereocenters. The van der Waals surface area contributed by atoms with Gasteiger partial charge in [0.15, 0.2) is 0 Å². The van der Waals surface area contributed by atoms with Gasteiger partial charge in [-0.15, -0.1) is 0 Å². The van der Waals surface area contributed by atoms with Crippen LogP contribution in [0.2, 0.25) is 5.15 Å². The highest BCUT2D eigenvalue weighted by atomic mass is 35.5. The summed E-state index contributed by atoms with van der Waals surface area (Å²) in [5.74, 6) is 0.109. The Bertz CT molecular complexity index is 746. The second-order valence-corrected chi connectivity index (χ2v) is 6.23. The normalized spacial score (nSPS) is 25.3. The van der Waals surface area contributed by atoms with Crippen molar-refractivity contribution in [1.82, 2.24) is 15.2 Å². The topological polar surface area (TPSA) is 45.2 Å². The van der Waals surface area contributed by atoms with Gasteiger partial charge in [-0.1, -0.05) is 23.2 Å². The number of hydrogen-bond donors (Lipinski definition) is 1. The number of carbonyl (C=O) groups is 1. The molecule has 21 heavy (non-hydrogen) atoms. The molecule has 5 heteroatoms. The number of nitrogens with zero attached hydrogens (tertiary/aromatic N) is 2. The van der Waals surface area contributed by atoms with Crippen molar-refractivity contribution in [2.24, 2.45) is 0 Å². The molecule has 0 radical (unpaired) electrons. The standard InChI is InChI=1S/C16H16ClN3O/c1-9-4-5-12-10(7-9)8-11(14(17)18-12)15-19-16(21)13-3-2-6-20(13)15/h4-5,7-8,13,15H,2-3,6H2,1H3,(H,19,21)/t13-,15+/m1/s1. The number of halogens is 1. The van der Waals surface area contributed by atoms with E-state index < -0.39 is 0 Å². The maximum absolute atomic E-state index is 12.1. The van der Waals surface area contributed by atoms with E-state index in [-0.39, 0.29) is 18.1 Å². The fraction of sp³-hybridized carbons (Fsp3) is 0.375. The Morgan fingerprint density at radius 1 is 1.38 bits per heavy atom. The molecule has 2 aliphatic rings. The van der Waals surface area contributed by atoms with Gasteiger partial charge in [0.05, 0.1) is 11.6 Å². The van der Waals surface area contributed by atoms with E-state index in [1.54, 1.807) is 0 Å². The lowest BCUT2D eigenvalue weighted by Crippen LogP contribution is -2.28. The fourth-order valence-electron chi connectivity index (χ4n) is 3.43. The first-order valence-corrected chi connectivity index (χ1v) is 7.64. The monoisotopic (exact) mass is 301 g/mol. The highest BCUT2D eigenvalue weighted by Crippen LogP contribution is 2.36. The molecule has 4 rings (SSSR count). The summed E-state index contributed by atoms with van der Waals surface area (Å²) in [4.78, 5) is 18.7. The molecular formula is C16H16ClN3O. The van der Waals surface area contributed by atoms with Gasteiger partial charge in [-0.3, -0.25) is 9.69 Å². The minimum absolute atomic E-state index is 0.000673. The van der Waals surface area contributed by atoms with Gasteiger partial charge in [0.25, 0.3) is 0 Å². The van der Waals surface area contributed by atoms with Crippen molar-refractivity contribution in [3.63, 3.8) is 0 Å². The third-order valence-electron chi connectivity index (χ3n) is 4.45. The first-order chi connectivity index (χ1) is 10.1. The van der Waals surface area contributed by atoms with E-state index in [1.165, 1.54) is 5.56 Å². The summed E-state index contributed by atoms with van der Waals surface area (Å²) in [6.07, 6.45) is 1.85. The Labute approximate surface area is 128 Å². The number of rotatable bonds is 1. The lowest BCUT2D eigenvalue weighted by atomic mass is 10.1. The first-order valence-electron chi connectivity index (χ1n) is 7.26. The van der Waals surface area contributed by atoms with Crippen molar-refractivity contribution in [3.8, 4) is 0 Å².